The quantitative estimate of drug-likeness (QED) is 0.808. The van der Waals surface area contributed by atoms with Crippen molar-refractivity contribution in [1.29, 1.82) is 0 Å². The average Bonchev–Trinajstić information content (AvgIpc) is 2.39. The fraction of sp³-hybridized carbons (Fsp3) is 0.533. The average molecular weight is 282 g/mol. The third-order valence-electron chi connectivity index (χ3n) is 3.05. The van der Waals surface area contributed by atoms with Gasteiger partial charge in [-0.05, 0) is 36.9 Å². The molecule has 1 aromatic rings. The summed E-state index contributed by atoms with van der Waals surface area (Å²) in [6, 6.07) is 4.24. The smallest absolute Gasteiger partial charge is 0.224 e. The van der Waals surface area contributed by atoms with Crippen molar-refractivity contribution in [2.75, 3.05) is 19.0 Å². The molecule has 0 saturated carbocycles. The van der Waals surface area contributed by atoms with E-state index in [2.05, 4.69) is 19.2 Å². The number of nitrogens with one attached hydrogen (secondary N) is 1. The van der Waals surface area contributed by atoms with Crippen LogP contribution in [0.2, 0.25) is 0 Å². The lowest BCUT2D eigenvalue weighted by atomic mass is 9.94. The van der Waals surface area contributed by atoms with Crippen LogP contribution in [0, 0.1) is 17.7 Å². The van der Waals surface area contributed by atoms with Crippen LogP contribution < -0.4 is 15.8 Å². The Morgan fingerprint density at radius 2 is 2.15 bits per heavy atom. The number of carbonyl (C=O) groups excluding carboxylic acids is 1. The molecule has 0 heterocycles. The summed E-state index contributed by atoms with van der Waals surface area (Å²) < 4.78 is 18.1. The van der Waals surface area contributed by atoms with E-state index >= 15 is 0 Å². The van der Waals surface area contributed by atoms with E-state index < -0.39 is 5.82 Å². The molecule has 0 aliphatic rings. The van der Waals surface area contributed by atoms with Gasteiger partial charge < -0.3 is 15.8 Å². The van der Waals surface area contributed by atoms with Gasteiger partial charge in [-0.1, -0.05) is 13.8 Å². The van der Waals surface area contributed by atoms with Gasteiger partial charge in [0.25, 0.3) is 0 Å². The van der Waals surface area contributed by atoms with Crippen LogP contribution >= 0.6 is 0 Å². The number of ether oxygens (including phenoxy) is 1. The number of hydrogen-bond acceptors (Lipinski definition) is 3. The van der Waals surface area contributed by atoms with Gasteiger partial charge in [-0.3, -0.25) is 4.79 Å². The van der Waals surface area contributed by atoms with E-state index in [0.717, 1.165) is 6.42 Å². The van der Waals surface area contributed by atoms with Crippen molar-refractivity contribution in [1.82, 2.24) is 0 Å². The molecule has 0 aliphatic heterocycles. The molecule has 0 spiro atoms. The number of halogens is 1. The summed E-state index contributed by atoms with van der Waals surface area (Å²) in [7, 11) is 1.39. The second-order valence-corrected chi connectivity index (χ2v) is 5.33. The molecule has 0 aliphatic carbocycles. The molecule has 1 atom stereocenters. The molecule has 0 fully saturated rings. The van der Waals surface area contributed by atoms with E-state index in [4.69, 9.17) is 10.5 Å². The van der Waals surface area contributed by atoms with E-state index in [0.29, 0.717) is 24.6 Å². The Hall–Kier alpha value is -1.62. The Balaban J connectivity index is 2.61. The molecule has 112 valence electrons. The van der Waals surface area contributed by atoms with Gasteiger partial charge in [0.15, 0.2) is 11.6 Å². The zero-order valence-electron chi connectivity index (χ0n) is 12.3. The maximum Gasteiger partial charge on any atom is 0.224 e. The monoisotopic (exact) mass is 282 g/mol. The standard InChI is InChI=1S/C15H23FN2O2/c1-10(2)6-11(9-17)7-15(19)18-12-4-5-13(16)14(8-12)20-3/h4-5,8,10-11H,6-7,9,17H2,1-3H3,(H,18,19)/t11-/m0/s1. The molecule has 4 nitrogen and oxygen atoms in total. The largest absolute Gasteiger partial charge is 0.494 e. The number of anilines is 1. The molecular weight excluding hydrogens is 259 g/mol. The molecule has 5 heteroatoms. The maximum atomic E-state index is 13.3. The van der Waals surface area contributed by atoms with Gasteiger partial charge in [-0.2, -0.15) is 0 Å². The van der Waals surface area contributed by atoms with Crippen molar-refractivity contribution in [2.45, 2.75) is 26.7 Å². The van der Waals surface area contributed by atoms with Gasteiger partial charge in [0.1, 0.15) is 0 Å². The summed E-state index contributed by atoms with van der Waals surface area (Å²) in [5, 5.41) is 2.74. The van der Waals surface area contributed by atoms with Crippen molar-refractivity contribution in [3.63, 3.8) is 0 Å². The number of hydrogen-bond donors (Lipinski definition) is 2. The number of benzene rings is 1. The van der Waals surface area contributed by atoms with Crippen LogP contribution in [-0.2, 0) is 4.79 Å². The topological polar surface area (TPSA) is 64.3 Å². The highest BCUT2D eigenvalue weighted by molar-refractivity contribution is 5.91. The number of rotatable bonds is 7. The summed E-state index contributed by atoms with van der Waals surface area (Å²) in [5.74, 6) is 0.208. The highest BCUT2D eigenvalue weighted by Crippen LogP contribution is 2.22. The second-order valence-electron chi connectivity index (χ2n) is 5.33. The van der Waals surface area contributed by atoms with Crippen molar-refractivity contribution in [3.05, 3.63) is 24.0 Å². The summed E-state index contributed by atoms with van der Waals surface area (Å²) >= 11 is 0. The van der Waals surface area contributed by atoms with Gasteiger partial charge in [0, 0.05) is 18.2 Å². The molecule has 0 saturated heterocycles. The van der Waals surface area contributed by atoms with Gasteiger partial charge in [0.05, 0.1) is 7.11 Å². The molecule has 1 rings (SSSR count). The molecule has 1 amide bonds. The highest BCUT2D eigenvalue weighted by Gasteiger charge is 2.14. The normalized spacial score (nSPS) is 12.3. The minimum absolute atomic E-state index is 0.111. The van der Waals surface area contributed by atoms with Gasteiger partial charge >= 0.3 is 0 Å². The van der Waals surface area contributed by atoms with E-state index in [9.17, 15) is 9.18 Å². The molecular formula is C15H23FN2O2. The molecule has 20 heavy (non-hydrogen) atoms. The third-order valence-corrected chi connectivity index (χ3v) is 3.05. The first-order valence-corrected chi connectivity index (χ1v) is 6.79. The Labute approximate surface area is 119 Å². The van der Waals surface area contributed by atoms with Crippen LogP contribution in [0.25, 0.3) is 0 Å². The van der Waals surface area contributed by atoms with E-state index in [1.165, 1.54) is 25.3 Å². The molecule has 0 radical (unpaired) electrons. The Morgan fingerprint density at radius 1 is 1.45 bits per heavy atom. The first kappa shape index (κ1) is 16.4. The minimum Gasteiger partial charge on any atom is -0.494 e. The fourth-order valence-electron chi connectivity index (χ4n) is 2.14. The van der Waals surface area contributed by atoms with Crippen LogP contribution in [0.3, 0.4) is 0 Å². The van der Waals surface area contributed by atoms with Crippen molar-refractivity contribution >= 4 is 11.6 Å². The zero-order valence-corrected chi connectivity index (χ0v) is 12.3. The van der Waals surface area contributed by atoms with Crippen LogP contribution in [-0.4, -0.2) is 19.6 Å². The number of methoxy groups -OCH3 is 1. The molecule has 0 aromatic heterocycles. The lowest BCUT2D eigenvalue weighted by Crippen LogP contribution is -2.23. The highest BCUT2D eigenvalue weighted by atomic mass is 19.1. The van der Waals surface area contributed by atoms with Crippen molar-refractivity contribution in [2.24, 2.45) is 17.6 Å². The molecule has 3 N–H and O–H groups in total. The summed E-state index contributed by atoms with van der Waals surface area (Å²) in [6.45, 7) is 4.69. The molecule has 1 aromatic carbocycles. The predicted molar refractivity (Wildman–Crippen MR) is 78.2 cm³/mol. The van der Waals surface area contributed by atoms with Crippen LogP contribution in [0.1, 0.15) is 26.7 Å². The van der Waals surface area contributed by atoms with Gasteiger partial charge in [0.2, 0.25) is 5.91 Å². The summed E-state index contributed by atoms with van der Waals surface area (Å²) in [5.41, 5.74) is 6.20. The van der Waals surface area contributed by atoms with Crippen LogP contribution in [0.4, 0.5) is 10.1 Å². The lowest BCUT2D eigenvalue weighted by Gasteiger charge is -2.16. The summed E-state index contributed by atoms with van der Waals surface area (Å²) in [6.07, 6.45) is 1.28. The Morgan fingerprint density at radius 3 is 2.70 bits per heavy atom. The maximum absolute atomic E-state index is 13.3. The van der Waals surface area contributed by atoms with Gasteiger partial charge in [-0.15, -0.1) is 0 Å². The van der Waals surface area contributed by atoms with Crippen molar-refractivity contribution in [3.8, 4) is 5.75 Å². The summed E-state index contributed by atoms with van der Waals surface area (Å²) in [4.78, 5) is 11.9. The molecule has 0 unspecified atom stereocenters. The predicted octanol–water partition coefficient (Wildman–Crippen LogP) is 2.78. The number of amides is 1. The SMILES string of the molecule is COc1cc(NC(=O)C[C@@H](CN)CC(C)C)ccc1F. The Bertz CT molecular complexity index is 449. The number of nitrogens with two attached hydrogens (primary N) is 1. The fourth-order valence-corrected chi connectivity index (χ4v) is 2.14. The van der Waals surface area contributed by atoms with E-state index in [1.807, 2.05) is 0 Å². The number of carbonyl (C=O) groups is 1. The van der Waals surface area contributed by atoms with E-state index in [-0.39, 0.29) is 17.6 Å². The van der Waals surface area contributed by atoms with Crippen LogP contribution in [0.5, 0.6) is 5.75 Å². The zero-order chi connectivity index (χ0) is 15.1. The second kappa shape index (κ2) is 7.85. The molecule has 0 bridgehead atoms. The lowest BCUT2D eigenvalue weighted by molar-refractivity contribution is -0.117. The first-order valence-electron chi connectivity index (χ1n) is 6.79. The van der Waals surface area contributed by atoms with Crippen molar-refractivity contribution < 1.29 is 13.9 Å². The van der Waals surface area contributed by atoms with Crippen LogP contribution in [0.15, 0.2) is 18.2 Å². The van der Waals surface area contributed by atoms with E-state index in [1.54, 1.807) is 0 Å². The third kappa shape index (κ3) is 5.17. The Kier molecular flexibility index (Phi) is 6.45. The van der Waals surface area contributed by atoms with Gasteiger partial charge in [-0.25, -0.2) is 4.39 Å². The first-order chi connectivity index (χ1) is 9.46. The minimum atomic E-state index is -0.454.